The highest BCUT2D eigenvalue weighted by Gasteiger charge is 2.16. The molecule has 0 bridgehead atoms. The number of nitrogens with zero attached hydrogens (tertiary/aromatic N) is 5. The Morgan fingerprint density at radius 3 is 2.52 bits per heavy atom. The Bertz CT molecular complexity index is 1040. The van der Waals surface area contributed by atoms with Crippen LogP contribution in [-0.4, -0.2) is 26.6 Å². The standard InChI is InChI=1S/C18H13N5/c1-3-16-20-21-18-19-17(22(2)13-9-5-4-6-10-13)14-11-7-8-12-15(14)23(16)18/h1,4-12H,2H3. The van der Waals surface area contributed by atoms with Crippen LogP contribution in [0.25, 0.3) is 16.7 Å². The highest BCUT2D eigenvalue weighted by atomic mass is 15.3. The third kappa shape index (κ3) is 2.00. The molecular weight excluding hydrogens is 286 g/mol. The van der Waals surface area contributed by atoms with Crippen molar-refractivity contribution in [1.82, 2.24) is 19.6 Å². The number of fused-ring (bicyclic) bond motifs is 3. The molecule has 0 saturated carbocycles. The second-order valence-corrected chi connectivity index (χ2v) is 5.15. The van der Waals surface area contributed by atoms with Gasteiger partial charge in [0.1, 0.15) is 5.82 Å². The molecule has 0 aliphatic rings. The first-order valence-electron chi connectivity index (χ1n) is 7.19. The smallest absolute Gasteiger partial charge is 0.258 e. The van der Waals surface area contributed by atoms with Crippen molar-refractivity contribution < 1.29 is 0 Å². The predicted molar refractivity (Wildman–Crippen MR) is 90.7 cm³/mol. The van der Waals surface area contributed by atoms with Gasteiger partial charge in [-0.1, -0.05) is 30.3 Å². The quantitative estimate of drug-likeness (QED) is 0.534. The van der Waals surface area contributed by atoms with Gasteiger partial charge in [-0.2, -0.15) is 4.98 Å². The van der Waals surface area contributed by atoms with Crippen LogP contribution in [0.4, 0.5) is 11.5 Å². The van der Waals surface area contributed by atoms with Gasteiger partial charge >= 0.3 is 0 Å². The van der Waals surface area contributed by atoms with Crippen LogP contribution in [0, 0.1) is 12.3 Å². The fourth-order valence-electron chi connectivity index (χ4n) is 2.71. The summed E-state index contributed by atoms with van der Waals surface area (Å²) in [6.45, 7) is 0. The van der Waals surface area contributed by atoms with E-state index < -0.39 is 0 Å². The zero-order valence-electron chi connectivity index (χ0n) is 12.5. The molecule has 2 aromatic heterocycles. The Balaban J connectivity index is 2.05. The summed E-state index contributed by atoms with van der Waals surface area (Å²) in [5, 5.41) is 9.13. The summed E-state index contributed by atoms with van der Waals surface area (Å²) in [5.74, 6) is 4.32. The van der Waals surface area contributed by atoms with Crippen molar-refractivity contribution in [3.8, 4) is 12.3 Å². The summed E-state index contributed by atoms with van der Waals surface area (Å²) in [5.41, 5.74) is 1.99. The molecular formula is C18H13N5. The first-order valence-corrected chi connectivity index (χ1v) is 7.19. The average molecular weight is 299 g/mol. The van der Waals surface area contributed by atoms with Crippen molar-refractivity contribution in [2.45, 2.75) is 0 Å². The van der Waals surface area contributed by atoms with E-state index in [1.54, 1.807) is 4.40 Å². The summed E-state index contributed by atoms with van der Waals surface area (Å²) in [6, 6.07) is 18.0. The maximum Gasteiger partial charge on any atom is 0.258 e. The number of hydrogen-bond acceptors (Lipinski definition) is 4. The molecule has 0 spiro atoms. The van der Waals surface area contributed by atoms with Gasteiger partial charge in [0.05, 0.1) is 5.52 Å². The van der Waals surface area contributed by atoms with Crippen molar-refractivity contribution >= 4 is 28.2 Å². The molecule has 2 aromatic carbocycles. The minimum Gasteiger partial charge on any atom is -0.329 e. The van der Waals surface area contributed by atoms with Crippen LogP contribution in [-0.2, 0) is 0 Å². The average Bonchev–Trinajstić information content (AvgIpc) is 3.04. The highest BCUT2D eigenvalue weighted by molar-refractivity contribution is 5.93. The molecule has 2 heterocycles. The maximum atomic E-state index is 5.53. The SMILES string of the molecule is C#Cc1nnc2nc(N(C)c3ccccc3)c3ccccc3n12. The van der Waals surface area contributed by atoms with E-state index in [0.717, 1.165) is 22.4 Å². The topological polar surface area (TPSA) is 46.3 Å². The molecule has 0 N–H and O–H groups in total. The molecule has 5 nitrogen and oxygen atoms in total. The van der Waals surface area contributed by atoms with E-state index >= 15 is 0 Å². The van der Waals surface area contributed by atoms with Crippen molar-refractivity contribution in [3.05, 3.63) is 60.4 Å². The van der Waals surface area contributed by atoms with Gasteiger partial charge in [-0.15, -0.1) is 16.6 Å². The van der Waals surface area contributed by atoms with Crippen LogP contribution in [0.3, 0.4) is 0 Å². The summed E-state index contributed by atoms with van der Waals surface area (Å²) >= 11 is 0. The van der Waals surface area contributed by atoms with E-state index in [1.807, 2.05) is 66.5 Å². The number of aromatic nitrogens is 4. The third-order valence-corrected chi connectivity index (χ3v) is 3.83. The fourth-order valence-corrected chi connectivity index (χ4v) is 2.71. The Morgan fingerprint density at radius 2 is 1.74 bits per heavy atom. The number of rotatable bonds is 2. The van der Waals surface area contributed by atoms with E-state index in [4.69, 9.17) is 6.42 Å². The lowest BCUT2D eigenvalue weighted by Gasteiger charge is -2.20. The van der Waals surface area contributed by atoms with Crippen molar-refractivity contribution in [3.63, 3.8) is 0 Å². The Morgan fingerprint density at radius 1 is 1.00 bits per heavy atom. The molecule has 23 heavy (non-hydrogen) atoms. The van der Waals surface area contributed by atoms with Crippen molar-refractivity contribution in [2.75, 3.05) is 11.9 Å². The Kier molecular flexibility index (Phi) is 2.95. The molecule has 0 atom stereocenters. The Hall–Kier alpha value is -3.39. The van der Waals surface area contributed by atoms with Gasteiger partial charge in [0, 0.05) is 18.1 Å². The van der Waals surface area contributed by atoms with Crippen LogP contribution >= 0.6 is 0 Å². The van der Waals surface area contributed by atoms with E-state index in [2.05, 4.69) is 21.1 Å². The second-order valence-electron chi connectivity index (χ2n) is 5.15. The second kappa shape index (κ2) is 5.11. The monoisotopic (exact) mass is 299 g/mol. The van der Waals surface area contributed by atoms with Crippen LogP contribution < -0.4 is 4.90 Å². The zero-order chi connectivity index (χ0) is 15.8. The van der Waals surface area contributed by atoms with Crippen LogP contribution in [0.15, 0.2) is 54.6 Å². The van der Waals surface area contributed by atoms with Gasteiger partial charge < -0.3 is 4.90 Å². The van der Waals surface area contributed by atoms with E-state index in [0.29, 0.717) is 11.6 Å². The molecule has 4 rings (SSSR count). The molecule has 0 saturated heterocycles. The lowest BCUT2D eigenvalue weighted by molar-refractivity contribution is 1.07. The molecule has 0 unspecified atom stereocenters. The van der Waals surface area contributed by atoms with E-state index in [9.17, 15) is 0 Å². The van der Waals surface area contributed by atoms with Gasteiger partial charge in [0.15, 0.2) is 0 Å². The maximum absolute atomic E-state index is 5.53. The number of hydrogen-bond donors (Lipinski definition) is 0. The minimum absolute atomic E-state index is 0.456. The van der Waals surface area contributed by atoms with Crippen LogP contribution in [0.2, 0.25) is 0 Å². The summed E-state index contributed by atoms with van der Waals surface area (Å²) in [6.07, 6.45) is 5.53. The van der Waals surface area contributed by atoms with Crippen LogP contribution in [0.5, 0.6) is 0 Å². The highest BCUT2D eigenvalue weighted by Crippen LogP contribution is 2.30. The first kappa shape index (κ1) is 13.3. The zero-order valence-corrected chi connectivity index (χ0v) is 12.5. The van der Waals surface area contributed by atoms with Gasteiger partial charge in [0.25, 0.3) is 5.78 Å². The van der Waals surface area contributed by atoms with Gasteiger partial charge in [-0.25, -0.2) is 0 Å². The van der Waals surface area contributed by atoms with Gasteiger partial charge in [-0.05, 0) is 30.2 Å². The van der Waals surface area contributed by atoms with E-state index in [-0.39, 0.29) is 0 Å². The fraction of sp³-hybridized carbons (Fsp3) is 0.0556. The first-order chi connectivity index (χ1) is 11.3. The van der Waals surface area contributed by atoms with Gasteiger partial charge in [0.2, 0.25) is 5.82 Å². The van der Waals surface area contributed by atoms with Crippen molar-refractivity contribution in [1.29, 1.82) is 0 Å². The normalized spacial score (nSPS) is 10.8. The lowest BCUT2D eigenvalue weighted by atomic mass is 10.2. The van der Waals surface area contributed by atoms with Gasteiger partial charge in [-0.3, -0.25) is 4.40 Å². The molecule has 0 fully saturated rings. The number of benzene rings is 2. The Labute approximate surface area is 133 Å². The summed E-state index contributed by atoms with van der Waals surface area (Å²) in [7, 11) is 1.99. The minimum atomic E-state index is 0.456. The van der Waals surface area contributed by atoms with E-state index in [1.165, 1.54) is 0 Å². The third-order valence-electron chi connectivity index (χ3n) is 3.83. The molecule has 110 valence electrons. The molecule has 0 aliphatic carbocycles. The lowest BCUT2D eigenvalue weighted by Crippen LogP contribution is -2.13. The number of terminal acetylenes is 1. The molecule has 0 radical (unpaired) electrons. The van der Waals surface area contributed by atoms with Crippen molar-refractivity contribution in [2.24, 2.45) is 0 Å². The summed E-state index contributed by atoms with van der Waals surface area (Å²) < 4.78 is 1.80. The largest absolute Gasteiger partial charge is 0.329 e. The summed E-state index contributed by atoms with van der Waals surface area (Å²) in [4.78, 5) is 6.70. The molecule has 5 heteroatoms. The molecule has 4 aromatic rings. The van der Waals surface area contributed by atoms with Crippen LogP contribution in [0.1, 0.15) is 5.82 Å². The molecule has 0 amide bonds. The number of para-hydroxylation sites is 2. The number of anilines is 2. The molecule has 0 aliphatic heterocycles. The predicted octanol–water partition coefficient (Wildman–Crippen LogP) is 3.03.